The van der Waals surface area contributed by atoms with Crippen molar-refractivity contribution in [2.45, 2.75) is 5.41 Å². The first-order valence-electron chi connectivity index (χ1n) is 16.9. The Morgan fingerprint density at radius 2 is 0.918 bits per heavy atom. The van der Waals surface area contributed by atoms with E-state index in [1.807, 2.05) is 0 Å². The van der Waals surface area contributed by atoms with Crippen molar-refractivity contribution in [2.75, 3.05) is 4.90 Å². The summed E-state index contributed by atoms with van der Waals surface area (Å²) >= 11 is 0. The summed E-state index contributed by atoms with van der Waals surface area (Å²) < 4.78 is 6.67. The predicted octanol–water partition coefficient (Wildman–Crippen LogP) is 12.6. The smallest absolute Gasteiger partial charge is 0.143 e. The maximum Gasteiger partial charge on any atom is 0.143 e. The van der Waals surface area contributed by atoms with E-state index >= 15 is 0 Å². The summed E-state index contributed by atoms with van der Waals surface area (Å²) in [6.45, 7) is 0. The van der Waals surface area contributed by atoms with Crippen molar-refractivity contribution in [2.24, 2.45) is 0 Å². The van der Waals surface area contributed by atoms with E-state index in [2.05, 4.69) is 181 Å². The quantitative estimate of drug-likeness (QED) is 0.195. The van der Waals surface area contributed by atoms with Crippen LogP contribution in [-0.2, 0) is 5.41 Å². The van der Waals surface area contributed by atoms with Crippen LogP contribution in [0.5, 0.6) is 0 Å². The van der Waals surface area contributed by atoms with Gasteiger partial charge in [-0.05, 0) is 92.4 Å². The van der Waals surface area contributed by atoms with E-state index in [1.54, 1.807) is 0 Å². The molecule has 0 atom stereocenters. The van der Waals surface area contributed by atoms with Gasteiger partial charge in [0.25, 0.3) is 0 Å². The fourth-order valence-corrected chi connectivity index (χ4v) is 8.88. The third-order valence-corrected chi connectivity index (χ3v) is 10.9. The van der Waals surface area contributed by atoms with Crippen molar-refractivity contribution in [1.29, 1.82) is 0 Å². The van der Waals surface area contributed by atoms with Crippen LogP contribution >= 0.6 is 0 Å². The Morgan fingerprint density at radius 3 is 1.63 bits per heavy atom. The minimum Gasteiger partial charge on any atom is -0.455 e. The molecule has 0 bridgehead atoms. The van der Waals surface area contributed by atoms with Crippen LogP contribution in [0.4, 0.5) is 17.1 Å². The highest BCUT2D eigenvalue weighted by atomic mass is 16.3. The molecule has 9 aromatic rings. The number of fused-ring (bicyclic) bond motifs is 15. The summed E-state index contributed by atoms with van der Waals surface area (Å²) in [5.74, 6) is 0. The molecule has 0 saturated carbocycles. The molecule has 1 aromatic heterocycles. The first-order valence-corrected chi connectivity index (χ1v) is 16.9. The maximum atomic E-state index is 6.67. The molecule has 0 amide bonds. The topological polar surface area (TPSA) is 16.4 Å². The normalized spacial score (nSPS) is 13.5. The fraction of sp³-hybridized carbons (Fsp3) is 0.0213. The summed E-state index contributed by atoms with van der Waals surface area (Å²) in [6, 6.07) is 64.2. The Morgan fingerprint density at radius 1 is 0.367 bits per heavy atom. The summed E-state index contributed by atoms with van der Waals surface area (Å²) in [5, 5.41) is 4.59. The fourth-order valence-electron chi connectivity index (χ4n) is 8.88. The Kier molecular flexibility index (Phi) is 5.34. The molecular formula is C47H29NO. The van der Waals surface area contributed by atoms with Crippen molar-refractivity contribution < 1.29 is 4.42 Å². The summed E-state index contributed by atoms with van der Waals surface area (Å²) in [6.07, 6.45) is 0. The zero-order valence-electron chi connectivity index (χ0n) is 26.6. The molecule has 0 aliphatic heterocycles. The van der Waals surface area contributed by atoms with E-state index in [4.69, 9.17) is 4.42 Å². The van der Waals surface area contributed by atoms with E-state index in [0.717, 1.165) is 44.4 Å². The summed E-state index contributed by atoms with van der Waals surface area (Å²) in [4.78, 5) is 2.37. The van der Waals surface area contributed by atoms with Crippen LogP contribution in [0.2, 0.25) is 0 Å². The highest BCUT2D eigenvalue weighted by molar-refractivity contribution is 6.15. The summed E-state index contributed by atoms with van der Waals surface area (Å²) in [7, 11) is 0. The molecule has 8 aromatic carbocycles. The van der Waals surface area contributed by atoms with Gasteiger partial charge in [-0.1, -0.05) is 127 Å². The molecule has 0 radical (unpaired) electrons. The number of anilines is 3. The minimum atomic E-state index is -0.402. The van der Waals surface area contributed by atoms with Crippen LogP contribution < -0.4 is 4.90 Å². The van der Waals surface area contributed by atoms with Gasteiger partial charge >= 0.3 is 0 Å². The molecular weight excluding hydrogens is 595 g/mol. The van der Waals surface area contributed by atoms with Gasteiger partial charge < -0.3 is 9.32 Å². The lowest BCUT2D eigenvalue weighted by Crippen LogP contribution is -2.26. The van der Waals surface area contributed by atoms with Gasteiger partial charge in [0.05, 0.1) is 5.41 Å². The lowest BCUT2D eigenvalue weighted by molar-refractivity contribution is 0.672. The first kappa shape index (κ1) is 26.7. The molecule has 2 aliphatic carbocycles. The zero-order valence-corrected chi connectivity index (χ0v) is 26.6. The van der Waals surface area contributed by atoms with Crippen LogP contribution in [0.25, 0.3) is 55.0 Å². The van der Waals surface area contributed by atoms with Crippen LogP contribution in [0.1, 0.15) is 22.3 Å². The van der Waals surface area contributed by atoms with Crippen LogP contribution in [-0.4, -0.2) is 0 Å². The highest BCUT2D eigenvalue weighted by Crippen LogP contribution is 2.63. The Bertz CT molecular complexity index is 2730. The minimum absolute atomic E-state index is 0.402. The summed E-state index contributed by atoms with van der Waals surface area (Å²) in [5.41, 5.74) is 15.3. The van der Waals surface area contributed by atoms with E-state index < -0.39 is 5.41 Å². The molecule has 0 N–H and O–H groups in total. The second-order valence-electron chi connectivity index (χ2n) is 13.2. The molecule has 2 aliphatic rings. The average molecular weight is 624 g/mol. The first-order chi connectivity index (χ1) is 24.3. The third kappa shape index (κ3) is 3.50. The van der Waals surface area contributed by atoms with Gasteiger partial charge in [-0.3, -0.25) is 0 Å². The third-order valence-electron chi connectivity index (χ3n) is 10.9. The van der Waals surface area contributed by atoms with Crippen molar-refractivity contribution in [1.82, 2.24) is 0 Å². The van der Waals surface area contributed by atoms with E-state index in [-0.39, 0.29) is 0 Å². The van der Waals surface area contributed by atoms with E-state index in [0.29, 0.717) is 0 Å². The second kappa shape index (κ2) is 9.82. The maximum absolute atomic E-state index is 6.67. The average Bonchev–Trinajstić information content (AvgIpc) is 3.79. The van der Waals surface area contributed by atoms with Crippen molar-refractivity contribution in [3.8, 4) is 22.3 Å². The predicted molar refractivity (Wildman–Crippen MR) is 202 cm³/mol. The SMILES string of the molecule is c1ccc(N(c2ccc3c(c2)C2(c4ccccc4-c4ccccc42)c2ccccc2-3)c2ccc3c(c2)oc2c4ccccc4ccc32)cc1. The van der Waals surface area contributed by atoms with Gasteiger partial charge in [-0.25, -0.2) is 0 Å². The molecule has 49 heavy (non-hydrogen) atoms. The van der Waals surface area contributed by atoms with Crippen molar-refractivity contribution in [3.63, 3.8) is 0 Å². The number of furan rings is 1. The van der Waals surface area contributed by atoms with E-state index in [1.165, 1.54) is 49.9 Å². The molecule has 0 unspecified atom stereocenters. The van der Waals surface area contributed by atoms with Crippen LogP contribution in [0.3, 0.4) is 0 Å². The van der Waals surface area contributed by atoms with Gasteiger partial charge in [-0.15, -0.1) is 0 Å². The molecule has 11 rings (SSSR count). The second-order valence-corrected chi connectivity index (χ2v) is 13.2. The number of nitrogens with zero attached hydrogens (tertiary/aromatic N) is 1. The Balaban J connectivity index is 1.17. The lowest BCUT2D eigenvalue weighted by atomic mass is 9.70. The van der Waals surface area contributed by atoms with Gasteiger partial charge in [0.15, 0.2) is 0 Å². The molecule has 1 spiro atoms. The van der Waals surface area contributed by atoms with Gasteiger partial charge in [0.2, 0.25) is 0 Å². The molecule has 2 heteroatoms. The molecule has 228 valence electrons. The standard InChI is InChI=1S/C47H29NO/c1-2-13-31(14-3-1)48(33-24-27-39-40-25-22-30-12-4-5-15-34(30)46(40)49-45(39)29-33)32-23-26-38-37-18-8-11-21-43(37)47(44(38)28-32)41-19-9-6-16-35(41)36-17-7-10-20-42(36)47/h1-29H. The largest absolute Gasteiger partial charge is 0.455 e. The number of hydrogen-bond acceptors (Lipinski definition) is 2. The number of rotatable bonds is 3. The van der Waals surface area contributed by atoms with Crippen LogP contribution in [0.15, 0.2) is 180 Å². The van der Waals surface area contributed by atoms with Gasteiger partial charge in [0, 0.05) is 39.3 Å². The molecule has 0 fully saturated rings. The number of hydrogen-bond donors (Lipinski definition) is 0. The van der Waals surface area contributed by atoms with Gasteiger partial charge in [0.1, 0.15) is 11.2 Å². The van der Waals surface area contributed by atoms with Crippen molar-refractivity contribution in [3.05, 3.63) is 198 Å². The zero-order chi connectivity index (χ0) is 32.1. The monoisotopic (exact) mass is 623 g/mol. The lowest BCUT2D eigenvalue weighted by Gasteiger charge is -2.32. The van der Waals surface area contributed by atoms with Crippen LogP contribution in [0, 0.1) is 0 Å². The Hall–Kier alpha value is -6.38. The molecule has 0 saturated heterocycles. The Labute approximate surface area is 284 Å². The van der Waals surface area contributed by atoms with Gasteiger partial charge in [-0.2, -0.15) is 0 Å². The number of para-hydroxylation sites is 1. The molecule has 2 nitrogen and oxygen atoms in total. The van der Waals surface area contributed by atoms with Crippen molar-refractivity contribution >= 4 is 49.8 Å². The number of benzene rings is 8. The highest BCUT2D eigenvalue weighted by Gasteiger charge is 2.51. The van der Waals surface area contributed by atoms with E-state index in [9.17, 15) is 0 Å². The molecule has 1 heterocycles.